The highest BCUT2D eigenvalue weighted by molar-refractivity contribution is 5.84. The summed E-state index contributed by atoms with van der Waals surface area (Å²) >= 11 is 0. The molecule has 4 heteroatoms. The lowest BCUT2D eigenvalue weighted by atomic mass is 10.1. The Balaban J connectivity index is 2.49. The molecule has 0 saturated heterocycles. The Morgan fingerprint density at radius 2 is 2.00 bits per heavy atom. The van der Waals surface area contributed by atoms with E-state index in [0.29, 0.717) is 25.9 Å². The van der Waals surface area contributed by atoms with Gasteiger partial charge >= 0.3 is 0 Å². The van der Waals surface area contributed by atoms with Gasteiger partial charge in [0, 0.05) is 19.5 Å². The van der Waals surface area contributed by atoms with Crippen molar-refractivity contribution in [1.29, 1.82) is 0 Å². The third-order valence-electron chi connectivity index (χ3n) is 3.15. The maximum Gasteiger partial charge on any atom is 0.239 e. The number of amides is 2. The van der Waals surface area contributed by atoms with Gasteiger partial charge in [0.05, 0.1) is 6.54 Å². The van der Waals surface area contributed by atoms with Crippen molar-refractivity contribution in [2.75, 3.05) is 19.6 Å². The van der Waals surface area contributed by atoms with Crippen LogP contribution < -0.4 is 5.32 Å². The van der Waals surface area contributed by atoms with Crippen molar-refractivity contribution in [2.45, 2.75) is 33.6 Å². The van der Waals surface area contributed by atoms with Crippen LogP contribution >= 0.6 is 0 Å². The zero-order valence-electron chi connectivity index (χ0n) is 12.6. The molecule has 20 heavy (non-hydrogen) atoms. The molecule has 1 aromatic carbocycles. The standard InChI is InChI=1S/C16H24N2O2/c1-4-17-15(19)12-18(5-2)16(20)10-9-14-8-6-7-13(3)11-14/h6-8,11H,4-5,9-10,12H2,1-3H3,(H,17,19). The molecule has 2 amide bonds. The van der Waals surface area contributed by atoms with Crippen LogP contribution in [0.5, 0.6) is 0 Å². The maximum atomic E-state index is 12.1. The molecule has 4 nitrogen and oxygen atoms in total. The number of rotatable bonds is 7. The molecule has 0 spiro atoms. The molecule has 1 rings (SSSR count). The molecule has 0 aromatic heterocycles. The van der Waals surface area contributed by atoms with Crippen molar-refractivity contribution >= 4 is 11.8 Å². The number of carbonyl (C=O) groups is 2. The molecular formula is C16H24N2O2. The zero-order chi connectivity index (χ0) is 15.0. The number of nitrogens with one attached hydrogen (secondary N) is 1. The molecule has 0 bridgehead atoms. The average molecular weight is 276 g/mol. The predicted octanol–water partition coefficient (Wildman–Crippen LogP) is 1.91. The van der Waals surface area contributed by atoms with E-state index in [4.69, 9.17) is 0 Å². The SMILES string of the molecule is CCNC(=O)CN(CC)C(=O)CCc1cccc(C)c1. The van der Waals surface area contributed by atoms with E-state index in [2.05, 4.69) is 11.4 Å². The highest BCUT2D eigenvalue weighted by Gasteiger charge is 2.14. The predicted molar refractivity (Wildman–Crippen MR) is 80.4 cm³/mol. The van der Waals surface area contributed by atoms with E-state index in [1.165, 1.54) is 5.56 Å². The quantitative estimate of drug-likeness (QED) is 0.827. The summed E-state index contributed by atoms with van der Waals surface area (Å²) < 4.78 is 0. The van der Waals surface area contributed by atoms with Gasteiger partial charge in [-0.05, 0) is 32.8 Å². The van der Waals surface area contributed by atoms with E-state index in [1.54, 1.807) is 4.90 Å². The van der Waals surface area contributed by atoms with Gasteiger partial charge in [-0.2, -0.15) is 0 Å². The van der Waals surface area contributed by atoms with Crippen molar-refractivity contribution in [3.05, 3.63) is 35.4 Å². The highest BCUT2D eigenvalue weighted by atomic mass is 16.2. The van der Waals surface area contributed by atoms with Gasteiger partial charge in [-0.25, -0.2) is 0 Å². The Morgan fingerprint density at radius 3 is 2.60 bits per heavy atom. The van der Waals surface area contributed by atoms with E-state index in [0.717, 1.165) is 5.56 Å². The first-order chi connectivity index (χ1) is 9.56. The lowest BCUT2D eigenvalue weighted by Crippen LogP contribution is -2.40. The van der Waals surface area contributed by atoms with Crippen LogP contribution in [0, 0.1) is 6.92 Å². The largest absolute Gasteiger partial charge is 0.355 e. The van der Waals surface area contributed by atoms with Crippen molar-refractivity contribution < 1.29 is 9.59 Å². The molecular weight excluding hydrogens is 252 g/mol. The van der Waals surface area contributed by atoms with Crippen LogP contribution in [0.4, 0.5) is 0 Å². The van der Waals surface area contributed by atoms with Crippen LogP contribution in [0.25, 0.3) is 0 Å². The van der Waals surface area contributed by atoms with Crippen LogP contribution in [0.15, 0.2) is 24.3 Å². The van der Waals surface area contributed by atoms with Crippen LogP contribution in [0.3, 0.4) is 0 Å². The Labute approximate surface area is 121 Å². The van der Waals surface area contributed by atoms with Gasteiger partial charge < -0.3 is 10.2 Å². The van der Waals surface area contributed by atoms with Crippen molar-refractivity contribution in [3.63, 3.8) is 0 Å². The van der Waals surface area contributed by atoms with Crippen LogP contribution in [-0.2, 0) is 16.0 Å². The van der Waals surface area contributed by atoms with Crippen molar-refractivity contribution in [1.82, 2.24) is 10.2 Å². The van der Waals surface area contributed by atoms with Gasteiger partial charge in [0.25, 0.3) is 0 Å². The number of benzene rings is 1. The second kappa shape index (κ2) is 8.35. The van der Waals surface area contributed by atoms with Gasteiger partial charge in [0.2, 0.25) is 11.8 Å². The normalized spacial score (nSPS) is 10.2. The summed E-state index contributed by atoms with van der Waals surface area (Å²) in [6, 6.07) is 8.16. The molecule has 0 aliphatic carbocycles. The first kappa shape index (κ1) is 16.2. The summed E-state index contributed by atoms with van der Waals surface area (Å²) in [6.07, 6.45) is 1.16. The summed E-state index contributed by atoms with van der Waals surface area (Å²) in [5, 5.41) is 2.71. The molecule has 1 aromatic rings. The monoisotopic (exact) mass is 276 g/mol. The fourth-order valence-electron chi connectivity index (χ4n) is 2.08. The lowest BCUT2D eigenvalue weighted by Gasteiger charge is -2.20. The minimum atomic E-state index is -0.0988. The summed E-state index contributed by atoms with van der Waals surface area (Å²) in [6.45, 7) is 7.10. The Bertz CT molecular complexity index is 458. The first-order valence-corrected chi connectivity index (χ1v) is 7.16. The Hall–Kier alpha value is -1.84. The lowest BCUT2D eigenvalue weighted by molar-refractivity contribution is -0.135. The Morgan fingerprint density at radius 1 is 1.25 bits per heavy atom. The molecule has 110 valence electrons. The van der Waals surface area contributed by atoms with E-state index in [9.17, 15) is 9.59 Å². The Kier molecular flexibility index (Phi) is 6.77. The summed E-state index contributed by atoms with van der Waals surface area (Å²) in [5.74, 6) is -0.0708. The molecule has 0 unspecified atom stereocenters. The third kappa shape index (κ3) is 5.43. The van der Waals surface area contributed by atoms with Gasteiger partial charge in [0.1, 0.15) is 0 Å². The smallest absolute Gasteiger partial charge is 0.239 e. The molecule has 1 N–H and O–H groups in total. The van der Waals surface area contributed by atoms with E-state index in [-0.39, 0.29) is 18.4 Å². The molecule has 0 aliphatic heterocycles. The number of carbonyl (C=O) groups excluding carboxylic acids is 2. The van der Waals surface area contributed by atoms with Crippen LogP contribution in [0.1, 0.15) is 31.4 Å². The van der Waals surface area contributed by atoms with E-state index >= 15 is 0 Å². The van der Waals surface area contributed by atoms with E-state index in [1.807, 2.05) is 39.0 Å². The summed E-state index contributed by atoms with van der Waals surface area (Å²) in [4.78, 5) is 25.2. The minimum Gasteiger partial charge on any atom is -0.355 e. The van der Waals surface area contributed by atoms with Gasteiger partial charge in [-0.3, -0.25) is 9.59 Å². The molecule has 0 aliphatic rings. The summed E-state index contributed by atoms with van der Waals surface area (Å²) in [7, 11) is 0. The first-order valence-electron chi connectivity index (χ1n) is 7.16. The third-order valence-corrected chi connectivity index (χ3v) is 3.15. The minimum absolute atomic E-state index is 0.0280. The molecule has 0 atom stereocenters. The molecule has 0 radical (unpaired) electrons. The van der Waals surface area contributed by atoms with Crippen molar-refractivity contribution in [2.24, 2.45) is 0 Å². The maximum absolute atomic E-state index is 12.1. The van der Waals surface area contributed by atoms with Crippen molar-refractivity contribution in [3.8, 4) is 0 Å². The topological polar surface area (TPSA) is 49.4 Å². The molecule has 0 fully saturated rings. The fourth-order valence-corrected chi connectivity index (χ4v) is 2.08. The highest BCUT2D eigenvalue weighted by Crippen LogP contribution is 2.08. The summed E-state index contributed by atoms with van der Waals surface area (Å²) in [5.41, 5.74) is 2.36. The average Bonchev–Trinajstić information content (AvgIpc) is 2.42. The van der Waals surface area contributed by atoms with Crippen LogP contribution in [-0.4, -0.2) is 36.3 Å². The van der Waals surface area contributed by atoms with Crippen LogP contribution in [0.2, 0.25) is 0 Å². The fraction of sp³-hybridized carbons (Fsp3) is 0.500. The number of hydrogen-bond donors (Lipinski definition) is 1. The second-order valence-corrected chi connectivity index (χ2v) is 4.85. The van der Waals surface area contributed by atoms with Gasteiger partial charge in [0.15, 0.2) is 0 Å². The zero-order valence-corrected chi connectivity index (χ0v) is 12.6. The molecule has 0 heterocycles. The molecule has 0 saturated carbocycles. The van der Waals surface area contributed by atoms with Gasteiger partial charge in [-0.15, -0.1) is 0 Å². The number of nitrogens with zero attached hydrogens (tertiary/aromatic N) is 1. The second-order valence-electron chi connectivity index (χ2n) is 4.85. The number of aryl methyl sites for hydroxylation is 2. The van der Waals surface area contributed by atoms with Gasteiger partial charge in [-0.1, -0.05) is 29.8 Å². The van der Waals surface area contributed by atoms with E-state index < -0.39 is 0 Å². The number of likely N-dealkylation sites (N-methyl/N-ethyl adjacent to an activating group) is 2. The number of hydrogen-bond acceptors (Lipinski definition) is 2.